The third kappa shape index (κ3) is 4.68. The number of nitrogens with one attached hydrogen (secondary N) is 1. The Morgan fingerprint density at radius 3 is 2.63 bits per heavy atom. The minimum absolute atomic E-state index is 0.0230. The number of carbonyl (C=O) groups is 1. The van der Waals surface area contributed by atoms with Gasteiger partial charge in [0.1, 0.15) is 0 Å². The van der Waals surface area contributed by atoms with Gasteiger partial charge in [0.2, 0.25) is 10.0 Å². The predicted molar refractivity (Wildman–Crippen MR) is 75.2 cm³/mol. The Morgan fingerprint density at radius 1 is 1.47 bits per heavy atom. The maximum Gasteiger partial charge on any atom is 0.335 e. The number of benzene rings is 1. The third-order valence-electron chi connectivity index (χ3n) is 2.15. The van der Waals surface area contributed by atoms with E-state index in [1.807, 2.05) is 0 Å². The fourth-order valence-corrected chi connectivity index (χ4v) is 3.78. The van der Waals surface area contributed by atoms with Gasteiger partial charge in [-0.05, 0) is 34.1 Å². The van der Waals surface area contributed by atoms with Gasteiger partial charge >= 0.3 is 5.97 Å². The lowest BCUT2D eigenvalue weighted by Crippen LogP contribution is -2.28. The van der Waals surface area contributed by atoms with E-state index in [1.54, 1.807) is 0 Å². The molecule has 1 atom stereocenters. The van der Waals surface area contributed by atoms with Crippen molar-refractivity contribution in [3.8, 4) is 0 Å². The molecule has 19 heavy (non-hydrogen) atoms. The van der Waals surface area contributed by atoms with Crippen LogP contribution in [0.2, 0.25) is 0 Å². The maximum atomic E-state index is 12.0. The summed E-state index contributed by atoms with van der Waals surface area (Å²) >= 11 is 3.06. The van der Waals surface area contributed by atoms with Crippen molar-refractivity contribution in [2.24, 2.45) is 0 Å². The van der Waals surface area contributed by atoms with Gasteiger partial charge in [0.15, 0.2) is 0 Å². The largest absolute Gasteiger partial charge is 0.478 e. The summed E-state index contributed by atoms with van der Waals surface area (Å²) in [4.78, 5) is 10.7. The smallest absolute Gasteiger partial charge is 0.335 e. The lowest BCUT2D eigenvalue weighted by Gasteiger charge is -2.08. The van der Waals surface area contributed by atoms with Gasteiger partial charge in [-0.25, -0.2) is 17.9 Å². The second-order valence-electron chi connectivity index (χ2n) is 3.63. The van der Waals surface area contributed by atoms with Gasteiger partial charge in [-0.2, -0.15) is 0 Å². The van der Waals surface area contributed by atoms with E-state index >= 15 is 0 Å². The van der Waals surface area contributed by atoms with Crippen molar-refractivity contribution in [1.82, 2.24) is 4.72 Å². The summed E-state index contributed by atoms with van der Waals surface area (Å²) in [5.74, 6) is -1.02. The monoisotopic (exact) mass is 369 g/mol. The average Bonchev–Trinajstić information content (AvgIpc) is 2.28. The Labute approximate surface area is 121 Å². The molecule has 0 heterocycles. The Kier molecular flexibility index (Phi) is 5.65. The first-order valence-corrected chi connectivity index (χ1v) is 9.07. The number of sulfonamides is 1. The maximum absolute atomic E-state index is 12.0. The number of aromatic carboxylic acids is 1. The van der Waals surface area contributed by atoms with Gasteiger partial charge < -0.3 is 5.11 Å². The molecule has 0 saturated carbocycles. The van der Waals surface area contributed by atoms with Crippen molar-refractivity contribution < 1.29 is 22.5 Å². The lowest BCUT2D eigenvalue weighted by molar-refractivity contribution is 0.0696. The van der Waals surface area contributed by atoms with Gasteiger partial charge in [0.25, 0.3) is 0 Å². The summed E-state index contributed by atoms with van der Waals surface area (Å²) in [7, 11) is -4.94. The molecule has 0 saturated heterocycles. The first-order valence-electron chi connectivity index (χ1n) is 5.06. The van der Waals surface area contributed by atoms with E-state index in [0.29, 0.717) is 0 Å². The molecule has 1 aromatic rings. The van der Waals surface area contributed by atoms with Crippen molar-refractivity contribution in [3.63, 3.8) is 0 Å². The van der Waals surface area contributed by atoms with Crippen LogP contribution in [-0.2, 0) is 20.8 Å². The van der Waals surface area contributed by atoms with Crippen LogP contribution in [0.1, 0.15) is 10.4 Å². The van der Waals surface area contributed by atoms with Crippen LogP contribution in [0.4, 0.5) is 0 Å². The topological polar surface area (TPSA) is 101 Å². The second-order valence-corrected chi connectivity index (χ2v) is 7.77. The predicted octanol–water partition coefficient (Wildman–Crippen LogP) is 0.804. The summed E-state index contributed by atoms with van der Waals surface area (Å²) in [6.45, 7) is 0.0230. The van der Waals surface area contributed by atoms with E-state index in [0.717, 1.165) is 6.07 Å². The fourth-order valence-electron chi connectivity index (χ4n) is 1.24. The van der Waals surface area contributed by atoms with Crippen LogP contribution in [-0.4, -0.2) is 42.3 Å². The van der Waals surface area contributed by atoms with E-state index in [1.165, 1.54) is 18.4 Å². The van der Waals surface area contributed by atoms with Gasteiger partial charge in [0.05, 0.1) is 10.5 Å². The first kappa shape index (κ1) is 16.3. The van der Waals surface area contributed by atoms with Gasteiger partial charge in [0, 0.05) is 33.8 Å². The molecule has 0 radical (unpaired) electrons. The minimum Gasteiger partial charge on any atom is -0.478 e. The summed E-state index contributed by atoms with van der Waals surface area (Å²) in [5, 5.41) is 8.84. The van der Waals surface area contributed by atoms with Gasteiger partial charge in [-0.15, -0.1) is 0 Å². The minimum atomic E-state index is -3.84. The molecule has 0 bridgehead atoms. The van der Waals surface area contributed by atoms with Crippen molar-refractivity contribution in [1.29, 1.82) is 0 Å². The molecule has 9 heteroatoms. The molecule has 0 aromatic heterocycles. The molecular weight excluding hydrogens is 358 g/mol. The quantitative estimate of drug-likeness (QED) is 0.772. The Morgan fingerprint density at radius 2 is 2.11 bits per heavy atom. The highest BCUT2D eigenvalue weighted by Gasteiger charge is 2.19. The highest BCUT2D eigenvalue weighted by atomic mass is 79.9. The number of hydrogen-bond donors (Lipinski definition) is 2. The summed E-state index contributed by atoms with van der Waals surface area (Å²) in [6, 6.07) is 3.72. The van der Waals surface area contributed by atoms with Crippen LogP contribution in [0.5, 0.6) is 0 Å². The van der Waals surface area contributed by atoms with Crippen molar-refractivity contribution in [3.05, 3.63) is 28.2 Å². The highest BCUT2D eigenvalue weighted by Crippen LogP contribution is 2.23. The molecule has 0 aliphatic carbocycles. The highest BCUT2D eigenvalue weighted by molar-refractivity contribution is 9.10. The Balaban J connectivity index is 3.03. The van der Waals surface area contributed by atoms with Crippen molar-refractivity contribution >= 4 is 42.7 Å². The molecule has 0 aliphatic rings. The van der Waals surface area contributed by atoms with E-state index in [9.17, 15) is 17.4 Å². The number of carboxylic acid groups (broad SMARTS) is 1. The fraction of sp³-hybridized carbons (Fsp3) is 0.300. The van der Waals surface area contributed by atoms with Gasteiger partial charge in [-0.3, -0.25) is 4.21 Å². The number of halogens is 1. The molecular formula is C10H12BrNO5S2. The first-order chi connectivity index (χ1) is 8.74. The molecule has 106 valence electrons. The summed E-state index contributed by atoms with van der Waals surface area (Å²) < 4.78 is 37.4. The van der Waals surface area contributed by atoms with Gasteiger partial charge in [-0.1, -0.05) is 0 Å². The SMILES string of the molecule is CS(=O)CCNS(=O)(=O)c1cc(C(=O)O)ccc1Br. The molecule has 1 unspecified atom stereocenters. The summed E-state index contributed by atoms with van der Waals surface area (Å²) in [5.41, 5.74) is -0.123. The zero-order valence-corrected chi connectivity index (χ0v) is 13.1. The standard InChI is InChI=1S/C10H12BrNO5S2/c1-18(15)5-4-12-19(16,17)9-6-7(10(13)14)2-3-8(9)11/h2-3,6,12H,4-5H2,1H3,(H,13,14). The molecule has 2 N–H and O–H groups in total. The molecule has 0 fully saturated rings. The van der Waals surface area contributed by atoms with Crippen LogP contribution in [0.15, 0.2) is 27.6 Å². The van der Waals surface area contributed by atoms with E-state index in [-0.39, 0.29) is 27.2 Å². The van der Waals surface area contributed by atoms with E-state index in [2.05, 4.69) is 20.7 Å². The zero-order valence-electron chi connectivity index (χ0n) is 9.92. The number of rotatable bonds is 6. The zero-order chi connectivity index (χ0) is 14.6. The Hall–Kier alpha value is -0.770. The van der Waals surface area contributed by atoms with Crippen LogP contribution in [0.3, 0.4) is 0 Å². The Bertz CT molecular complexity index is 614. The molecule has 0 amide bonds. The average molecular weight is 370 g/mol. The third-order valence-corrected chi connectivity index (χ3v) is 5.38. The van der Waals surface area contributed by atoms with Crippen LogP contribution in [0.25, 0.3) is 0 Å². The lowest BCUT2D eigenvalue weighted by atomic mass is 10.2. The van der Waals surface area contributed by atoms with Crippen LogP contribution in [0, 0.1) is 0 Å². The molecule has 1 aromatic carbocycles. The molecule has 0 aliphatic heterocycles. The van der Waals surface area contributed by atoms with Crippen LogP contribution >= 0.6 is 15.9 Å². The number of hydrogen-bond acceptors (Lipinski definition) is 4. The van der Waals surface area contributed by atoms with E-state index in [4.69, 9.17) is 5.11 Å². The van der Waals surface area contributed by atoms with Crippen molar-refractivity contribution in [2.45, 2.75) is 4.90 Å². The normalized spacial score (nSPS) is 13.2. The summed E-state index contributed by atoms with van der Waals surface area (Å²) in [6.07, 6.45) is 1.47. The molecule has 6 nitrogen and oxygen atoms in total. The van der Waals surface area contributed by atoms with E-state index < -0.39 is 26.8 Å². The molecule has 1 rings (SSSR count). The van der Waals surface area contributed by atoms with Crippen molar-refractivity contribution in [2.75, 3.05) is 18.6 Å². The molecule has 0 spiro atoms. The van der Waals surface area contributed by atoms with Crippen LogP contribution < -0.4 is 4.72 Å². The second kappa shape index (κ2) is 6.60. The number of carboxylic acids is 1.